The molecule has 0 saturated carbocycles. The van der Waals surface area contributed by atoms with Crippen LogP contribution in [-0.2, 0) is 0 Å². The summed E-state index contributed by atoms with van der Waals surface area (Å²) in [5.41, 5.74) is 3.65. The van der Waals surface area contributed by atoms with E-state index in [-0.39, 0.29) is 5.11 Å². The number of halogens is 3. The monoisotopic (exact) mass is 613 g/mol. The number of benzene rings is 4. The van der Waals surface area contributed by atoms with Crippen LogP contribution in [0.2, 0.25) is 10.0 Å². The van der Waals surface area contributed by atoms with Gasteiger partial charge in [0.25, 0.3) is 5.91 Å². The highest BCUT2D eigenvalue weighted by Crippen LogP contribution is 2.37. The molecule has 0 spiro atoms. The first-order valence-electron chi connectivity index (χ1n) is 11.0. The van der Waals surface area contributed by atoms with Gasteiger partial charge in [-0.25, -0.2) is 4.98 Å². The van der Waals surface area contributed by atoms with Crippen molar-refractivity contribution in [1.29, 1.82) is 0 Å². The Morgan fingerprint density at radius 3 is 2.68 bits per heavy atom. The lowest BCUT2D eigenvalue weighted by Crippen LogP contribution is -2.34. The summed E-state index contributed by atoms with van der Waals surface area (Å²) in [5.74, 6) is 0.398. The van der Waals surface area contributed by atoms with Gasteiger partial charge in [-0.05, 0) is 81.7 Å². The second-order valence-corrected chi connectivity index (χ2v) is 10.2. The van der Waals surface area contributed by atoms with E-state index in [1.54, 1.807) is 18.2 Å². The number of oxazole rings is 1. The fraction of sp³-hybridized carbons (Fsp3) is 0.0741. The van der Waals surface area contributed by atoms with Crippen LogP contribution in [0.4, 0.5) is 5.69 Å². The zero-order chi connectivity index (χ0) is 26.3. The Bertz CT molecular complexity index is 1720. The number of amides is 1. The fourth-order valence-electron chi connectivity index (χ4n) is 3.95. The van der Waals surface area contributed by atoms with E-state index in [1.807, 2.05) is 49.4 Å². The van der Waals surface area contributed by atoms with E-state index in [0.29, 0.717) is 54.1 Å². The van der Waals surface area contributed by atoms with Crippen LogP contribution in [-0.4, -0.2) is 23.1 Å². The van der Waals surface area contributed by atoms with Gasteiger partial charge in [-0.3, -0.25) is 10.1 Å². The molecule has 0 fully saturated rings. The van der Waals surface area contributed by atoms with Crippen molar-refractivity contribution in [2.24, 2.45) is 0 Å². The Morgan fingerprint density at radius 2 is 1.89 bits per heavy atom. The van der Waals surface area contributed by atoms with Gasteiger partial charge in [-0.1, -0.05) is 53.5 Å². The lowest BCUT2D eigenvalue weighted by atomic mass is 10.1. The Kier molecular flexibility index (Phi) is 7.09. The molecule has 1 amide bonds. The van der Waals surface area contributed by atoms with E-state index in [4.69, 9.17) is 44.6 Å². The SMILES string of the molecule is COc1c(C(=O)NC(=S)Nc2cc(-c3nc4cc(Cl)cc(Cl)c4o3)ccc2C)cc2ccccc2c1Br. The summed E-state index contributed by atoms with van der Waals surface area (Å²) in [7, 11) is 1.52. The highest BCUT2D eigenvalue weighted by molar-refractivity contribution is 9.10. The molecule has 0 radical (unpaired) electrons. The van der Waals surface area contributed by atoms with Gasteiger partial charge in [0.1, 0.15) is 11.3 Å². The van der Waals surface area contributed by atoms with Gasteiger partial charge >= 0.3 is 0 Å². The summed E-state index contributed by atoms with van der Waals surface area (Å²) in [6, 6.07) is 18.4. The summed E-state index contributed by atoms with van der Waals surface area (Å²) < 4.78 is 12.1. The standard InChI is InChI=1S/C27H18BrCl2N3O3S/c1-13-7-8-15(26-31-21-12-16(29)11-19(30)24(21)36-26)10-20(13)32-27(37)33-25(34)18-9-14-5-3-4-6-17(14)22(28)23(18)35-2/h3-12H,1-2H3,(H2,32,33,34,37). The van der Waals surface area contributed by atoms with E-state index in [9.17, 15) is 4.79 Å². The van der Waals surface area contributed by atoms with Crippen LogP contribution in [0.15, 0.2) is 69.6 Å². The van der Waals surface area contributed by atoms with Gasteiger partial charge < -0.3 is 14.5 Å². The molecule has 6 nitrogen and oxygen atoms in total. The minimum absolute atomic E-state index is 0.129. The average molecular weight is 615 g/mol. The van der Waals surface area contributed by atoms with Crippen molar-refractivity contribution in [2.45, 2.75) is 6.92 Å². The summed E-state index contributed by atoms with van der Waals surface area (Å²) in [6.07, 6.45) is 0. The molecule has 1 heterocycles. The maximum atomic E-state index is 13.2. The number of thiocarbonyl (C=S) groups is 1. The highest BCUT2D eigenvalue weighted by atomic mass is 79.9. The second kappa shape index (κ2) is 10.3. The number of carbonyl (C=O) groups excluding carboxylic acids is 1. The van der Waals surface area contributed by atoms with Gasteiger partial charge in [0.2, 0.25) is 5.89 Å². The third kappa shape index (κ3) is 5.02. The first-order chi connectivity index (χ1) is 17.7. The van der Waals surface area contributed by atoms with Gasteiger partial charge in [0, 0.05) is 16.3 Å². The van der Waals surface area contributed by atoms with Crippen molar-refractivity contribution < 1.29 is 13.9 Å². The molecule has 1 aromatic heterocycles. The van der Waals surface area contributed by atoms with Crippen molar-refractivity contribution in [3.63, 3.8) is 0 Å². The lowest BCUT2D eigenvalue weighted by molar-refractivity contribution is 0.0975. The quantitative estimate of drug-likeness (QED) is 0.199. The van der Waals surface area contributed by atoms with Crippen LogP contribution in [0.3, 0.4) is 0 Å². The smallest absolute Gasteiger partial charge is 0.261 e. The summed E-state index contributed by atoms with van der Waals surface area (Å²) >= 11 is 21.4. The number of fused-ring (bicyclic) bond motifs is 2. The zero-order valence-corrected chi connectivity index (χ0v) is 23.4. The number of nitrogens with zero attached hydrogens (tertiary/aromatic N) is 1. The van der Waals surface area contributed by atoms with Crippen molar-refractivity contribution in [3.05, 3.63) is 86.3 Å². The Hall–Kier alpha value is -3.17. The zero-order valence-electron chi connectivity index (χ0n) is 19.5. The highest BCUT2D eigenvalue weighted by Gasteiger charge is 2.20. The predicted octanol–water partition coefficient (Wildman–Crippen LogP) is 8.16. The molecule has 10 heteroatoms. The largest absolute Gasteiger partial charge is 0.495 e. The molecule has 0 unspecified atom stereocenters. The molecule has 186 valence electrons. The lowest BCUT2D eigenvalue weighted by Gasteiger charge is -2.15. The van der Waals surface area contributed by atoms with Crippen LogP contribution in [0.1, 0.15) is 15.9 Å². The number of aromatic nitrogens is 1. The Balaban J connectivity index is 1.40. The molecule has 4 aromatic carbocycles. The third-order valence-corrected chi connectivity index (χ3v) is 7.25. The number of aryl methyl sites for hydroxylation is 1. The van der Waals surface area contributed by atoms with Crippen molar-refractivity contribution in [3.8, 4) is 17.2 Å². The van der Waals surface area contributed by atoms with Gasteiger partial charge in [0.05, 0.1) is 22.2 Å². The van der Waals surface area contributed by atoms with Crippen molar-refractivity contribution in [2.75, 3.05) is 12.4 Å². The molecule has 0 bridgehead atoms. The number of ether oxygens (including phenoxy) is 1. The summed E-state index contributed by atoms with van der Waals surface area (Å²) in [5, 5.41) is 8.65. The van der Waals surface area contributed by atoms with Gasteiger partial charge in [0.15, 0.2) is 10.7 Å². The van der Waals surface area contributed by atoms with Crippen LogP contribution >= 0.6 is 51.3 Å². The molecule has 5 aromatic rings. The molecule has 37 heavy (non-hydrogen) atoms. The number of hydrogen-bond acceptors (Lipinski definition) is 5. The third-order valence-electron chi connectivity index (χ3n) is 5.76. The molecular weight excluding hydrogens is 597 g/mol. The maximum absolute atomic E-state index is 13.2. The topological polar surface area (TPSA) is 76.4 Å². The van der Waals surface area contributed by atoms with Crippen molar-refractivity contribution in [1.82, 2.24) is 10.3 Å². The van der Waals surface area contributed by atoms with E-state index < -0.39 is 5.91 Å². The van der Waals surface area contributed by atoms with E-state index >= 15 is 0 Å². The van der Waals surface area contributed by atoms with Gasteiger partial charge in [-0.15, -0.1) is 0 Å². The molecule has 2 N–H and O–H groups in total. The fourth-order valence-corrected chi connectivity index (χ4v) is 5.41. The van der Waals surface area contributed by atoms with Crippen molar-refractivity contribution >= 4 is 89.9 Å². The average Bonchev–Trinajstić information content (AvgIpc) is 3.29. The minimum Gasteiger partial charge on any atom is -0.495 e. The molecule has 0 saturated heterocycles. The number of anilines is 1. The molecular formula is C27H18BrCl2N3O3S. The number of carbonyl (C=O) groups is 1. The first-order valence-corrected chi connectivity index (χ1v) is 12.9. The van der Waals surface area contributed by atoms with E-state index in [2.05, 4.69) is 31.5 Å². The predicted molar refractivity (Wildman–Crippen MR) is 156 cm³/mol. The summed E-state index contributed by atoms with van der Waals surface area (Å²) in [4.78, 5) is 17.7. The van der Waals surface area contributed by atoms with Crippen LogP contribution in [0, 0.1) is 6.92 Å². The van der Waals surface area contributed by atoms with E-state index in [0.717, 1.165) is 16.3 Å². The molecule has 0 aliphatic heterocycles. The maximum Gasteiger partial charge on any atom is 0.261 e. The number of rotatable bonds is 4. The number of methoxy groups -OCH3 is 1. The molecule has 0 aliphatic carbocycles. The first kappa shape index (κ1) is 25.5. The Morgan fingerprint density at radius 1 is 1.11 bits per heavy atom. The minimum atomic E-state index is -0.403. The van der Waals surface area contributed by atoms with Crippen LogP contribution < -0.4 is 15.4 Å². The molecule has 5 rings (SSSR count). The second-order valence-electron chi connectivity index (χ2n) is 8.19. The Labute approximate surface area is 236 Å². The van der Waals surface area contributed by atoms with Gasteiger partial charge in [-0.2, -0.15) is 0 Å². The summed E-state index contributed by atoms with van der Waals surface area (Å²) in [6.45, 7) is 1.92. The van der Waals surface area contributed by atoms with E-state index in [1.165, 1.54) is 7.11 Å². The molecule has 0 aliphatic rings. The number of nitrogens with one attached hydrogen (secondary N) is 2. The van der Waals surface area contributed by atoms with Crippen LogP contribution in [0.5, 0.6) is 5.75 Å². The number of hydrogen-bond donors (Lipinski definition) is 2. The normalized spacial score (nSPS) is 11.1. The van der Waals surface area contributed by atoms with Crippen LogP contribution in [0.25, 0.3) is 33.3 Å². The molecule has 0 atom stereocenters.